The molecule has 5 aromatic rings. The fourth-order valence-electron chi connectivity index (χ4n) is 7.09. The van der Waals surface area contributed by atoms with Crippen LogP contribution < -0.4 is 25.7 Å². The summed E-state index contributed by atoms with van der Waals surface area (Å²) in [7, 11) is 1.81. The molecule has 3 amide bonds. The van der Waals surface area contributed by atoms with Crippen molar-refractivity contribution >= 4 is 47.5 Å². The number of anilines is 2. The number of hydrogen-bond acceptors (Lipinski definition) is 15. The Morgan fingerprint density at radius 2 is 1.50 bits per heavy atom. The molecule has 17 nitrogen and oxygen atoms in total. The van der Waals surface area contributed by atoms with Crippen LogP contribution in [0.5, 0.6) is 5.75 Å². The lowest BCUT2D eigenvalue weighted by molar-refractivity contribution is -0.432. The van der Waals surface area contributed by atoms with Gasteiger partial charge in [-0.15, -0.1) is 4.33 Å². The third-order valence-corrected chi connectivity index (χ3v) is 11.4. The monoisotopic (exact) mass is 949 g/mol. The van der Waals surface area contributed by atoms with Crippen molar-refractivity contribution in [1.29, 1.82) is 0 Å². The van der Waals surface area contributed by atoms with Gasteiger partial charge in [0.1, 0.15) is 24.2 Å². The Bertz CT molecular complexity index is 2330. The van der Waals surface area contributed by atoms with Crippen molar-refractivity contribution in [3.63, 3.8) is 0 Å². The van der Waals surface area contributed by atoms with Gasteiger partial charge in [0.15, 0.2) is 0 Å². The molecular formula is C50H59N7O10S. The number of hydrogen-bond donors (Lipinski definition) is 4. The zero-order chi connectivity index (χ0) is 47.6. The molecule has 6 rings (SSSR count). The van der Waals surface area contributed by atoms with Gasteiger partial charge in [-0.3, -0.25) is 19.8 Å². The number of likely N-dealkylation sites (N-methyl/N-ethyl adjacent to an activating group) is 1. The Labute approximate surface area is 401 Å². The minimum absolute atomic E-state index is 0.0573. The lowest BCUT2D eigenvalue weighted by Crippen LogP contribution is -2.49. The highest BCUT2D eigenvalue weighted by atomic mass is 32.2. The van der Waals surface area contributed by atoms with Crippen molar-refractivity contribution in [1.82, 2.24) is 20.5 Å². The summed E-state index contributed by atoms with van der Waals surface area (Å²) < 4.78 is 27.6. The topological polar surface area (TPSA) is 195 Å². The third kappa shape index (κ3) is 17.0. The number of aromatic nitrogens is 1. The van der Waals surface area contributed by atoms with Gasteiger partial charge in [-0.2, -0.15) is 5.10 Å². The standard InChI is InChI=1S/C50H59N7O10S/c1-56(25-22-38-12-4-2-5-13-38)48(58)36-57-44-20-19-43(65-37-39-14-6-3-7-15-39)32-42(44)33-45(57)50(60)52-24-11-27-63-29-31-64-30-28-62-26-10-23-51-49(59)41-18-21-47(53-34-41)55-54-35-40-16-8-9-17-46(40)68-67-66-61/h2-9,12-21,32,34-35,45,61H,10-11,22-31,33,36-37H2,1H3,(H,51,59)(H,52,60)(H,53,55). The zero-order valence-corrected chi connectivity index (χ0v) is 38.9. The minimum Gasteiger partial charge on any atom is -0.489 e. The fourth-order valence-corrected chi connectivity index (χ4v) is 7.54. The van der Waals surface area contributed by atoms with E-state index in [0.29, 0.717) is 107 Å². The van der Waals surface area contributed by atoms with Crippen LogP contribution in [0.15, 0.2) is 131 Å². The predicted molar refractivity (Wildman–Crippen MR) is 259 cm³/mol. The molecule has 4 aromatic carbocycles. The van der Waals surface area contributed by atoms with Crippen molar-refractivity contribution in [3.05, 3.63) is 149 Å². The molecule has 0 bridgehead atoms. The summed E-state index contributed by atoms with van der Waals surface area (Å²) in [5, 5.41) is 22.1. The number of nitrogens with zero attached hydrogens (tertiary/aromatic N) is 4. The molecule has 0 spiro atoms. The Kier molecular flexibility index (Phi) is 21.5. The highest BCUT2D eigenvalue weighted by molar-refractivity contribution is 7.94. The Morgan fingerprint density at radius 1 is 0.824 bits per heavy atom. The number of carbonyl (C=O) groups excluding carboxylic acids is 3. The lowest BCUT2D eigenvalue weighted by atomic mass is 10.1. The molecule has 360 valence electrons. The first kappa shape index (κ1) is 51.0. The van der Waals surface area contributed by atoms with Crippen molar-refractivity contribution < 1.29 is 48.0 Å². The van der Waals surface area contributed by atoms with Gasteiger partial charge in [0.2, 0.25) is 11.8 Å². The van der Waals surface area contributed by atoms with E-state index in [1.807, 2.05) is 96.9 Å². The third-order valence-electron chi connectivity index (χ3n) is 10.8. The molecule has 0 radical (unpaired) electrons. The van der Waals surface area contributed by atoms with E-state index in [1.54, 1.807) is 29.3 Å². The van der Waals surface area contributed by atoms with Crippen molar-refractivity contribution in [2.45, 2.75) is 43.2 Å². The first-order chi connectivity index (χ1) is 33.4. The average Bonchev–Trinajstić information content (AvgIpc) is 3.73. The average molecular weight is 950 g/mol. The van der Waals surface area contributed by atoms with Gasteiger partial charge in [-0.25, -0.2) is 10.2 Å². The molecule has 0 aliphatic carbocycles. The van der Waals surface area contributed by atoms with E-state index in [4.69, 9.17) is 24.2 Å². The molecule has 1 aliphatic rings. The molecule has 18 heteroatoms. The summed E-state index contributed by atoms with van der Waals surface area (Å²) in [5.74, 6) is 0.722. The summed E-state index contributed by atoms with van der Waals surface area (Å²) in [6.45, 7) is 4.50. The lowest BCUT2D eigenvalue weighted by Gasteiger charge is -2.28. The highest BCUT2D eigenvalue weighted by Gasteiger charge is 2.36. The van der Waals surface area contributed by atoms with Crippen LogP contribution in [0.1, 0.15) is 45.5 Å². The van der Waals surface area contributed by atoms with E-state index in [9.17, 15) is 14.4 Å². The van der Waals surface area contributed by atoms with Crippen LogP contribution in [0.4, 0.5) is 11.5 Å². The maximum atomic E-state index is 13.7. The smallest absolute Gasteiger partial charge is 0.252 e. The number of pyridine rings is 1. The Hall–Kier alpha value is -6.38. The maximum absolute atomic E-state index is 13.7. The SMILES string of the molecule is CN(CCc1ccccc1)C(=O)CN1c2ccc(OCc3ccccc3)cc2CC1C(=O)NCCCOCCOCCOCCCNC(=O)c1ccc(NN=Cc2ccccc2SOOO)nc1. The quantitative estimate of drug-likeness (QED) is 0.0131. The van der Waals surface area contributed by atoms with Gasteiger partial charge in [0.05, 0.1) is 56.8 Å². The predicted octanol–water partition coefficient (Wildman–Crippen LogP) is 6.34. The van der Waals surface area contributed by atoms with Crippen LogP contribution >= 0.6 is 12.0 Å². The molecular weight excluding hydrogens is 891 g/mol. The molecule has 0 saturated heterocycles. The van der Waals surface area contributed by atoms with E-state index in [1.165, 1.54) is 6.20 Å². The van der Waals surface area contributed by atoms with E-state index in [0.717, 1.165) is 46.4 Å². The van der Waals surface area contributed by atoms with Crippen LogP contribution in [0.25, 0.3) is 0 Å². The van der Waals surface area contributed by atoms with E-state index in [2.05, 4.69) is 47.6 Å². The molecule has 1 aliphatic heterocycles. The molecule has 2 heterocycles. The van der Waals surface area contributed by atoms with Crippen LogP contribution in [0.2, 0.25) is 0 Å². The maximum Gasteiger partial charge on any atom is 0.252 e. The molecule has 0 fully saturated rings. The Morgan fingerprint density at radius 3 is 2.21 bits per heavy atom. The summed E-state index contributed by atoms with van der Waals surface area (Å²) in [6.07, 6.45) is 5.48. The molecule has 1 unspecified atom stereocenters. The normalized spacial score (nSPS) is 13.0. The molecule has 4 N–H and O–H groups in total. The van der Waals surface area contributed by atoms with Gasteiger partial charge >= 0.3 is 0 Å². The molecule has 1 atom stereocenters. The number of nitrogens with one attached hydrogen (secondary N) is 3. The summed E-state index contributed by atoms with van der Waals surface area (Å²) >= 11 is 0.834. The number of ether oxygens (including phenoxy) is 4. The van der Waals surface area contributed by atoms with Gasteiger partial charge in [0.25, 0.3) is 5.91 Å². The summed E-state index contributed by atoms with van der Waals surface area (Å²) in [5.41, 5.74) is 7.99. The van der Waals surface area contributed by atoms with Crippen LogP contribution in [-0.4, -0.2) is 118 Å². The second-order valence-electron chi connectivity index (χ2n) is 15.6. The first-order valence-corrected chi connectivity index (χ1v) is 23.2. The second-order valence-corrected chi connectivity index (χ2v) is 16.4. The largest absolute Gasteiger partial charge is 0.489 e. The van der Waals surface area contributed by atoms with Crippen molar-refractivity contribution in [3.8, 4) is 5.75 Å². The van der Waals surface area contributed by atoms with E-state index in [-0.39, 0.29) is 24.3 Å². The van der Waals surface area contributed by atoms with Crippen LogP contribution in [-0.2, 0) is 52.6 Å². The minimum atomic E-state index is -0.541. The number of rotatable bonds is 30. The van der Waals surface area contributed by atoms with E-state index < -0.39 is 6.04 Å². The van der Waals surface area contributed by atoms with Crippen molar-refractivity contribution in [2.75, 3.05) is 83.2 Å². The first-order valence-electron chi connectivity index (χ1n) is 22.5. The molecule has 1 aromatic heterocycles. The molecule has 0 saturated carbocycles. The number of carbonyl (C=O) groups is 3. The summed E-state index contributed by atoms with van der Waals surface area (Å²) in [4.78, 5) is 48.3. The second kappa shape index (κ2) is 28.7. The number of fused-ring (bicyclic) bond motifs is 1. The van der Waals surface area contributed by atoms with Gasteiger partial charge in [-0.1, -0.05) is 83.9 Å². The number of amides is 3. The molecule has 68 heavy (non-hydrogen) atoms. The van der Waals surface area contributed by atoms with Crippen LogP contribution in [0, 0.1) is 0 Å². The Balaban J connectivity index is 0.810. The fraction of sp³-hybridized carbons (Fsp3) is 0.340. The number of hydrazone groups is 1. The summed E-state index contributed by atoms with van der Waals surface area (Å²) in [6, 6.07) is 35.8. The van der Waals surface area contributed by atoms with Gasteiger partial charge in [-0.05, 0) is 72.4 Å². The van der Waals surface area contributed by atoms with Crippen molar-refractivity contribution in [2.24, 2.45) is 5.10 Å². The van der Waals surface area contributed by atoms with E-state index >= 15 is 0 Å². The van der Waals surface area contributed by atoms with Gasteiger partial charge in [0, 0.05) is 68.7 Å². The number of benzene rings is 4. The van der Waals surface area contributed by atoms with Crippen LogP contribution in [0.3, 0.4) is 0 Å². The van der Waals surface area contributed by atoms with Gasteiger partial charge < -0.3 is 39.4 Å². The zero-order valence-electron chi connectivity index (χ0n) is 38.1. The highest BCUT2D eigenvalue weighted by Crippen LogP contribution is 2.35.